The summed E-state index contributed by atoms with van der Waals surface area (Å²) in [5, 5.41) is 11.6. The Morgan fingerprint density at radius 1 is 1.67 bits per heavy atom. The third kappa shape index (κ3) is 3.28. The largest absolute Gasteiger partial charge is 0.481 e. The second-order valence-electron chi connectivity index (χ2n) is 4.14. The fourth-order valence-electron chi connectivity index (χ4n) is 1.33. The number of nitrogens with two attached hydrogens (primary N) is 1. The Labute approximate surface area is 93.1 Å². The van der Waals surface area contributed by atoms with Gasteiger partial charge in [-0.15, -0.1) is 11.3 Å². The van der Waals surface area contributed by atoms with Crippen molar-refractivity contribution in [1.82, 2.24) is 4.98 Å². The van der Waals surface area contributed by atoms with E-state index in [0.29, 0.717) is 6.54 Å². The Morgan fingerprint density at radius 2 is 2.33 bits per heavy atom. The lowest BCUT2D eigenvalue weighted by atomic mass is 9.90. The molecule has 3 N–H and O–H groups in total. The molecule has 0 bridgehead atoms. The molecule has 5 heteroatoms. The predicted octanol–water partition coefficient (Wildman–Crippen LogP) is 1.40. The van der Waals surface area contributed by atoms with Gasteiger partial charge in [0.2, 0.25) is 0 Å². The first-order valence-corrected chi connectivity index (χ1v) is 5.70. The van der Waals surface area contributed by atoms with Crippen molar-refractivity contribution < 1.29 is 9.90 Å². The van der Waals surface area contributed by atoms with E-state index in [1.54, 1.807) is 0 Å². The van der Waals surface area contributed by atoms with Gasteiger partial charge in [-0.25, -0.2) is 4.98 Å². The number of thiazole rings is 1. The standard InChI is InChI=1S/C10H16N2O2S/c1-10(2,5-8(13)14)9-12-7(3-4-11)6-15-9/h6H,3-5,11H2,1-2H3,(H,13,14). The predicted molar refractivity (Wildman–Crippen MR) is 60.2 cm³/mol. The SMILES string of the molecule is CC(C)(CC(=O)O)c1nc(CCN)cs1. The zero-order valence-electron chi connectivity index (χ0n) is 8.99. The third-order valence-corrected chi connectivity index (χ3v) is 3.38. The van der Waals surface area contributed by atoms with Crippen molar-refractivity contribution in [3.8, 4) is 0 Å². The monoisotopic (exact) mass is 228 g/mol. The molecule has 84 valence electrons. The van der Waals surface area contributed by atoms with Crippen LogP contribution >= 0.6 is 11.3 Å². The van der Waals surface area contributed by atoms with Gasteiger partial charge in [0, 0.05) is 17.2 Å². The highest BCUT2D eigenvalue weighted by atomic mass is 32.1. The van der Waals surface area contributed by atoms with E-state index >= 15 is 0 Å². The number of aliphatic carboxylic acids is 1. The van der Waals surface area contributed by atoms with Gasteiger partial charge in [0.1, 0.15) is 0 Å². The summed E-state index contributed by atoms with van der Waals surface area (Å²) in [4.78, 5) is 15.1. The fraction of sp³-hybridized carbons (Fsp3) is 0.600. The maximum Gasteiger partial charge on any atom is 0.304 e. The van der Waals surface area contributed by atoms with Crippen LogP contribution in [0.25, 0.3) is 0 Å². The smallest absolute Gasteiger partial charge is 0.304 e. The summed E-state index contributed by atoms with van der Waals surface area (Å²) in [6.07, 6.45) is 0.849. The van der Waals surface area contributed by atoms with Crippen LogP contribution in [0.5, 0.6) is 0 Å². The maximum atomic E-state index is 10.7. The van der Waals surface area contributed by atoms with E-state index in [1.165, 1.54) is 11.3 Å². The minimum absolute atomic E-state index is 0.0998. The molecule has 0 spiro atoms. The van der Waals surface area contributed by atoms with Gasteiger partial charge in [-0.3, -0.25) is 4.79 Å². The number of carbonyl (C=O) groups is 1. The van der Waals surface area contributed by atoms with Gasteiger partial charge in [0.15, 0.2) is 0 Å². The number of hydrogen-bond acceptors (Lipinski definition) is 4. The molecule has 0 aliphatic carbocycles. The third-order valence-electron chi connectivity index (χ3n) is 2.12. The van der Waals surface area contributed by atoms with Crippen LogP contribution in [0.3, 0.4) is 0 Å². The molecule has 0 saturated heterocycles. The fourth-order valence-corrected chi connectivity index (χ4v) is 2.31. The van der Waals surface area contributed by atoms with Crippen LogP contribution in [-0.2, 0) is 16.6 Å². The number of carboxylic acids is 1. The second-order valence-corrected chi connectivity index (χ2v) is 5.00. The lowest BCUT2D eigenvalue weighted by Crippen LogP contribution is -2.21. The van der Waals surface area contributed by atoms with E-state index in [0.717, 1.165) is 17.1 Å². The molecule has 4 nitrogen and oxygen atoms in total. The number of rotatable bonds is 5. The summed E-state index contributed by atoms with van der Waals surface area (Å²) >= 11 is 1.51. The minimum Gasteiger partial charge on any atom is -0.481 e. The number of hydrogen-bond donors (Lipinski definition) is 2. The quantitative estimate of drug-likeness (QED) is 0.798. The number of aromatic nitrogens is 1. The summed E-state index contributed by atoms with van der Waals surface area (Å²) in [5.74, 6) is -0.796. The molecule has 0 atom stereocenters. The summed E-state index contributed by atoms with van der Waals surface area (Å²) in [7, 11) is 0. The van der Waals surface area contributed by atoms with Crippen LogP contribution < -0.4 is 5.73 Å². The van der Waals surface area contributed by atoms with Crippen molar-refractivity contribution in [3.05, 3.63) is 16.1 Å². The molecular formula is C10H16N2O2S. The van der Waals surface area contributed by atoms with Crippen LogP contribution in [0.4, 0.5) is 0 Å². The second kappa shape index (κ2) is 4.72. The molecule has 0 amide bonds. The highest BCUT2D eigenvalue weighted by Gasteiger charge is 2.27. The molecule has 1 rings (SSSR count). The Morgan fingerprint density at radius 3 is 2.87 bits per heavy atom. The van der Waals surface area contributed by atoms with Gasteiger partial charge < -0.3 is 10.8 Å². The summed E-state index contributed by atoms with van der Waals surface area (Å²) in [6.45, 7) is 4.36. The van der Waals surface area contributed by atoms with Gasteiger partial charge in [-0.1, -0.05) is 13.8 Å². The Hall–Kier alpha value is -0.940. The van der Waals surface area contributed by atoms with Gasteiger partial charge in [0.05, 0.1) is 17.1 Å². The molecule has 0 aromatic carbocycles. The molecule has 1 aromatic heterocycles. The highest BCUT2D eigenvalue weighted by molar-refractivity contribution is 7.09. The molecule has 0 fully saturated rings. The first-order chi connectivity index (χ1) is 6.95. The molecule has 0 saturated carbocycles. The molecule has 1 aromatic rings. The van der Waals surface area contributed by atoms with E-state index in [2.05, 4.69) is 4.98 Å². The average Bonchev–Trinajstić information content (AvgIpc) is 2.51. The van der Waals surface area contributed by atoms with Gasteiger partial charge in [0.25, 0.3) is 0 Å². The zero-order valence-corrected chi connectivity index (χ0v) is 9.80. The van der Waals surface area contributed by atoms with Crippen molar-refractivity contribution in [2.75, 3.05) is 6.54 Å². The number of carboxylic acid groups (broad SMARTS) is 1. The Bertz CT molecular complexity index is 347. The van der Waals surface area contributed by atoms with Crippen LogP contribution in [-0.4, -0.2) is 22.6 Å². The summed E-state index contributed by atoms with van der Waals surface area (Å²) in [6, 6.07) is 0. The van der Waals surface area contributed by atoms with Crippen LogP contribution in [0, 0.1) is 0 Å². The lowest BCUT2D eigenvalue weighted by Gasteiger charge is -2.18. The number of nitrogens with zero attached hydrogens (tertiary/aromatic N) is 1. The first-order valence-electron chi connectivity index (χ1n) is 4.82. The van der Waals surface area contributed by atoms with Gasteiger partial charge in [-0.05, 0) is 6.54 Å². The van der Waals surface area contributed by atoms with Crippen molar-refractivity contribution in [2.45, 2.75) is 32.1 Å². The highest BCUT2D eigenvalue weighted by Crippen LogP contribution is 2.29. The first kappa shape index (κ1) is 12.1. The Balaban J connectivity index is 2.80. The summed E-state index contributed by atoms with van der Waals surface area (Å²) in [5.41, 5.74) is 5.99. The van der Waals surface area contributed by atoms with Crippen molar-refractivity contribution in [1.29, 1.82) is 0 Å². The van der Waals surface area contributed by atoms with E-state index in [4.69, 9.17) is 10.8 Å². The van der Waals surface area contributed by atoms with E-state index in [-0.39, 0.29) is 6.42 Å². The van der Waals surface area contributed by atoms with Gasteiger partial charge in [-0.2, -0.15) is 0 Å². The van der Waals surface area contributed by atoms with Crippen molar-refractivity contribution >= 4 is 17.3 Å². The van der Waals surface area contributed by atoms with Gasteiger partial charge >= 0.3 is 5.97 Å². The molecule has 0 aliphatic rings. The topological polar surface area (TPSA) is 76.2 Å². The molecule has 0 aliphatic heterocycles. The minimum atomic E-state index is -0.796. The zero-order chi connectivity index (χ0) is 11.5. The Kier molecular flexibility index (Phi) is 3.82. The molecule has 15 heavy (non-hydrogen) atoms. The van der Waals surface area contributed by atoms with E-state index in [1.807, 2.05) is 19.2 Å². The van der Waals surface area contributed by atoms with Crippen LogP contribution in [0.1, 0.15) is 31.0 Å². The van der Waals surface area contributed by atoms with E-state index < -0.39 is 11.4 Å². The molecule has 1 heterocycles. The normalized spacial score (nSPS) is 11.7. The molecular weight excluding hydrogens is 212 g/mol. The molecule has 0 unspecified atom stereocenters. The summed E-state index contributed by atoms with van der Waals surface area (Å²) < 4.78 is 0. The van der Waals surface area contributed by atoms with Crippen molar-refractivity contribution in [2.24, 2.45) is 5.73 Å². The van der Waals surface area contributed by atoms with E-state index in [9.17, 15) is 4.79 Å². The van der Waals surface area contributed by atoms with Crippen molar-refractivity contribution in [3.63, 3.8) is 0 Å². The average molecular weight is 228 g/mol. The van der Waals surface area contributed by atoms with Crippen LogP contribution in [0.2, 0.25) is 0 Å². The van der Waals surface area contributed by atoms with Crippen LogP contribution in [0.15, 0.2) is 5.38 Å². The maximum absolute atomic E-state index is 10.7. The molecule has 0 radical (unpaired) electrons. The lowest BCUT2D eigenvalue weighted by molar-refractivity contribution is -0.138.